The lowest BCUT2D eigenvalue weighted by Gasteiger charge is -2.18. The summed E-state index contributed by atoms with van der Waals surface area (Å²) < 4.78 is 27.8. The lowest BCUT2D eigenvalue weighted by molar-refractivity contribution is -0.125. The Kier molecular flexibility index (Phi) is 6.15. The van der Waals surface area contributed by atoms with Crippen molar-refractivity contribution in [3.8, 4) is 0 Å². The van der Waals surface area contributed by atoms with Crippen LogP contribution in [0, 0.1) is 12.8 Å². The Bertz CT molecular complexity index is 1130. The van der Waals surface area contributed by atoms with Gasteiger partial charge in [0.05, 0.1) is 23.1 Å². The van der Waals surface area contributed by atoms with Gasteiger partial charge in [-0.3, -0.25) is 9.78 Å². The minimum Gasteiger partial charge on any atom is -0.350 e. The van der Waals surface area contributed by atoms with E-state index in [-0.39, 0.29) is 29.8 Å². The minimum absolute atomic E-state index is 0.143. The number of sulfonamides is 1. The summed E-state index contributed by atoms with van der Waals surface area (Å²) in [6.45, 7) is 2.72. The van der Waals surface area contributed by atoms with Gasteiger partial charge >= 0.3 is 0 Å². The van der Waals surface area contributed by atoms with Gasteiger partial charge in [0.1, 0.15) is 0 Å². The van der Waals surface area contributed by atoms with Crippen LogP contribution in [0.1, 0.15) is 22.7 Å². The molecular weight excluding hydrogens is 410 g/mol. The minimum atomic E-state index is -3.68. The second-order valence-electron chi connectivity index (χ2n) is 7.80. The van der Waals surface area contributed by atoms with Crippen LogP contribution in [-0.4, -0.2) is 36.7 Å². The van der Waals surface area contributed by atoms with Crippen molar-refractivity contribution in [1.82, 2.24) is 14.6 Å². The van der Waals surface area contributed by atoms with Gasteiger partial charge in [-0.1, -0.05) is 54.1 Å². The highest BCUT2D eigenvalue weighted by atomic mass is 32.2. The average molecular weight is 436 g/mol. The van der Waals surface area contributed by atoms with Crippen LogP contribution in [-0.2, 0) is 21.4 Å². The lowest BCUT2D eigenvalue weighted by atomic mass is 9.88. The van der Waals surface area contributed by atoms with Crippen molar-refractivity contribution in [1.29, 1.82) is 0 Å². The van der Waals surface area contributed by atoms with Crippen molar-refractivity contribution in [3.63, 3.8) is 0 Å². The molecule has 0 bridgehead atoms. The van der Waals surface area contributed by atoms with Crippen LogP contribution >= 0.6 is 0 Å². The molecule has 160 valence electrons. The van der Waals surface area contributed by atoms with Crippen LogP contribution < -0.4 is 5.32 Å². The number of nitrogens with zero attached hydrogens (tertiary/aromatic N) is 2. The van der Waals surface area contributed by atoms with E-state index in [4.69, 9.17) is 0 Å². The molecule has 1 fully saturated rings. The fraction of sp³-hybridized carbons (Fsp3) is 0.250. The Hall–Kier alpha value is -3.03. The average Bonchev–Trinajstić information content (AvgIpc) is 3.26. The number of amides is 1. The second-order valence-corrected chi connectivity index (χ2v) is 9.74. The molecule has 0 saturated carbocycles. The maximum Gasteiger partial charge on any atom is 0.243 e. The zero-order valence-electron chi connectivity index (χ0n) is 17.3. The van der Waals surface area contributed by atoms with Crippen LogP contribution in [0.25, 0.3) is 0 Å². The summed E-state index contributed by atoms with van der Waals surface area (Å²) in [5.74, 6) is -0.866. The number of aromatic nitrogens is 1. The molecule has 1 aromatic heterocycles. The van der Waals surface area contributed by atoms with Gasteiger partial charge in [-0.25, -0.2) is 8.42 Å². The monoisotopic (exact) mass is 435 g/mol. The van der Waals surface area contributed by atoms with Crippen molar-refractivity contribution in [3.05, 3.63) is 95.8 Å². The number of benzene rings is 2. The first-order chi connectivity index (χ1) is 14.9. The molecule has 1 aliphatic rings. The number of rotatable bonds is 6. The number of hydrogen-bond donors (Lipinski definition) is 1. The molecule has 1 amide bonds. The van der Waals surface area contributed by atoms with Crippen LogP contribution in [0.15, 0.2) is 83.9 Å². The number of hydrogen-bond acceptors (Lipinski definition) is 4. The Morgan fingerprint density at radius 3 is 2.39 bits per heavy atom. The number of aryl methyl sites for hydroxylation is 1. The standard InChI is InChI=1S/C24H25N3O3S/c1-18-10-12-19(13-11-18)22-16-27(31(29,30)21-8-3-2-4-9-21)17-23(22)24(28)26-15-20-7-5-6-14-25-20/h2-14,22-23H,15-17H2,1H3,(H,26,28). The van der Waals surface area contributed by atoms with E-state index in [0.717, 1.165) is 16.8 Å². The molecule has 7 heteroatoms. The summed E-state index contributed by atoms with van der Waals surface area (Å²) in [6.07, 6.45) is 1.68. The summed E-state index contributed by atoms with van der Waals surface area (Å²) in [5, 5.41) is 2.94. The summed E-state index contributed by atoms with van der Waals surface area (Å²) in [4.78, 5) is 17.6. The van der Waals surface area contributed by atoms with Crippen molar-refractivity contribution in [2.75, 3.05) is 13.1 Å². The van der Waals surface area contributed by atoms with Crippen molar-refractivity contribution in [2.24, 2.45) is 5.92 Å². The molecule has 2 unspecified atom stereocenters. The highest BCUT2D eigenvalue weighted by Crippen LogP contribution is 2.36. The van der Waals surface area contributed by atoms with Crippen LogP contribution in [0.2, 0.25) is 0 Å². The van der Waals surface area contributed by atoms with Gasteiger partial charge < -0.3 is 5.32 Å². The summed E-state index contributed by atoms with van der Waals surface area (Å²) in [5.41, 5.74) is 2.84. The highest BCUT2D eigenvalue weighted by Gasteiger charge is 2.43. The first-order valence-electron chi connectivity index (χ1n) is 10.2. The van der Waals surface area contributed by atoms with Crippen LogP contribution in [0.4, 0.5) is 0 Å². The fourth-order valence-electron chi connectivity index (χ4n) is 3.93. The number of pyridine rings is 1. The molecular formula is C24H25N3O3S. The Morgan fingerprint density at radius 1 is 1.00 bits per heavy atom. The molecule has 3 aromatic rings. The Morgan fingerprint density at radius 2 is 1.71 bits per heavy atom. The molecule has 2 heterocycles. The van der Waals surface area contributed by atoms with E-state index < -0.39 is 15.9 Å². The zero-order valence-corrected chi connectivity index (χ0v) is 18.1. The quantitative estimate of drug-likeness (QED) is 0.645. The van der Waals surface area contributed by atoms with Crippen molar-refractivity contribution in [2.45, 2.75) is 24.3 Å². The molecule has 31 heavy (non-hydrogen) atoms. The van der Waals surface area contributed by atoms with Gasteiger partial charge in [0.15, 0.2) is 0 Å². The maximum atomic E-state index is 13.2. The summed E-state index contributed by atoms with van der Waals surface area (Å²) in [7, 11) is -3.68. The van der Waals surface area contributed by atoms with Crippen LogP contribution in [0.3, 0.4) is 0 Å². The van der Waals surface area contributed by atoms with Gasteiger partial charge in [0, 0.05) is 25.2 Å². The lowest BCUT2D eigenvalue weighted by Crippen LogP contribution is -2.35. The normalized spacial score (nSPS) is 19.3. The number of nitrogens with one attached hydrogen (secondary N) is 1. The maximum absolute atomic E-state index is 13.2. The molecule has 0 radical (unpaired) electrons. The Labute approximate surface area is 183 Å². The summed E-state index contributed by atoms with van der Waals surface area (Å²) >= 11 is 0. The molecule has 2 aromatic carbocycles. The van der Waals surface area contributed by atoms with Gasteiger partial charge in [0.2, 0.25) is 15.9 Å². The van der Waals surface area contributed by atoms with E-state index in [1.807, 2.05) is 49.4 Å². The van der Waals surface area contributed by atoms with Gasteiger partial charge in [-0.05, 0) is 36.8 Å². The zero-order chi connectivity index (χ0) is 21.8. The third kappa shape index (κ3) is 4.68. The number of carbonyl (C=O) groups excluding carboxylic acids is 1. The van der Waals surface area contributed by atoms with E-state index in [2.05, 4.69) is 10.3 Å². The third-order valence-corrected chi connectivity index (χ3v) is 7.53. The van der Waals surface area contributed by atoms with Gasteiger partial charge in [0.25, 0.3) is 0 Å². The summed E-state index contributed by atoms with van der Waals surface area (Å²) in [6, 6.07) is 21.9. The predicted octanol–water partition coefficient (Wildman–Crippen LogP) is 3.11. The molecule has 0 spiro atoms. The van der Waals surface area contributed by atoms with E-state index in [0.29, 0.717) is 6.54 Å². The van der Waals surface area contributed by atoms with E-state index in [9.17, 15) is 13.2 Å². The Balaban J connectivity index is 1.59. The highest BCUT2D eigenvalue weighted by molar-refractivity contribution is 7.89. The van der Waals surface area contributed by atoms with Crippen LogP contribution in [0.5, 0.6) is 0 Å². The third-order valence-electron chi connectivity index (χ3n) is 5.68. The first-order valence-corrected chi connectivity index (χ1v) is 11.7. The van der Waals surface area contributed by atoms with E-state index >= 15 is 0 Å². The van der Waals surface area contributed by atoms with Gasteiger partial charge in [-0.2, -0.15) is 4.31 Å². The molecule has 0 aliphatic carbocycles. The predicted molar refractivity (Wildman–Crippen MR) is 119 cm³/mol. The van der Waals surface area contributed by atoms with Gasteiger partial charge in [-0.15, -0.1) is 0 Å². The molecule has 6 nitrogen and oxygen atoms in total. The SMILES string of the molecule is Cc1ccc(C2CN(S(=O)(=O)c3ccccc3)CC2C(=O)NCc2ccccn2)cc1. The smallest absolute Gasteiger partial charge is 0.243 e. The van der Waals surface area contributed by atoms with E-state index in [1.54, 1.807) is 36.5 Å². The second kappa shape index (κ2) is 8.99. The fourth-order valence-corrected chi connectivity index (χ4v) is 5.45. The van der Waals surface area contributed by atoms with E-state index in [1.165, 1.54) is 4.31 Å². The molecule has 4 rings (SSSR count). The first kappa shape index (κ1) is 21.2. The molecule has 2 atom stereocenters. The topological polar surface area (TPSA) is 79.4 Å². The van der Waals surface area contributed by atoms with Crippen molar-refractivity contribution >= 4 is 15.9 Å². The molecule has 1 saturated heterocycles. The molecule has 1 N–H and O–H groups in total. The molecule has 1 aliphatic heterocycles. The largest absolute Gasteiger partial charge is 0.350 e. The van der Waals surface area contributed by atoms with Crippen molar-refractivity contribution < 1.29 is 13.2 Å². The number of carbonyl (C=O) groups is 1.